The quantitative estimate of drug-likeness (QED) is 0.284. The van der Waals surface area contributed by atoms with Gasteiger partial charge in [0.05, 0.1) is 0 Å². The van der Waals surface area contributed by atoms with Crippen molar-refractivity contribution in [3.8, 4) is 0 Å². The van der Waals surface area contributed by atoms with Crippen LogP contribution in [0.2, 0.25) is 0 Å². The summed E-state index contributed by atoms with van der Waals surface area (Å²) in [7, 11) is 0. The van der Waals surface area contributed by atoms with Crippen molar-refractivity contribution < 1.29 is 9.47 Å². The molecule has 0 N–H and O–H groups in total. The van der Waals surface area contributed by atoms with E-state index in [4.69, 9.17) is 9.47 Å². The van der Waals surface area contributed by atoms with E-state index in [1.165, 1.54) is 68.9 Å². The smallest absolute Gasteiger partial charge is 0.0487 e. The number of ether oxygens (including phenoxy) is 2. The zero-order valence-electron chi connectivity index (χ0n) is 17.2. The zero-order valence-corrected chi connectivity index (χ0v) is 17.2. The largest absolute Gasteiger partial charge is 0.382 e. The zero-order chi connectivity index (χ0) is 18.9. The molecule has 0 heterocycles. The van der Waals surface area contributed by atoms with E-state index in [-0.39, 0.29) is 0 Å². The van der Waals surface area contributed by atoms with Gasteiger partial charge in [0.25, 0.3) is 0 Å². The average molecular weight is 361 g/mol. The highest BCUT2D eigenvalue weighted by molar-refractivity contribution is 5.61. The maximum atomic E-state index is 5.62. The van der Waals surface area contributed by atoms with Gasteiger partial charge in [-0.05, 0) is 50.7 Å². The van der Waals surface area contributed by atoms with E-state index in [2.05, 4.69) is 37.8 Å². The molecule has 0 saturated heterocycles. The molecular weight excluding hydrogens is 320 g/mol. The third kappa shape index (κ3) is 12.3. The Bertz CT molecular complexity index is 450. The lowest BCUT2D eigenvalue weighted by atomic mass is 10.0. The Kier molecular flexibility index (Phi) is 14.2. The summed E-state index contributed by atoms with van der Waals surface area (Å²) in [4.78, 5) is 0. The van der Waals surface area contributed by atoms with E-state index in [0.29, 0.717) is 0 Å². The van der Waals surface area contributed by atoms with Gasteiger partial charge in [-0.1, -0.05) is 74.9 Å². The van der Waals surface area contributed by atoms with Crippen LogP contribution in [0.3, 0.4) is 0 Å². The molecule has 0 saturated carbocycles. The summed E-state index contributed by atoms with van der Waals surface area (Å²) in [6.07, 6.45) is 12.9. The Morgan fingerprint density at radius 2 is 1.27 bits per heavy atom. The predicted molar refractivity (Wildman–Crippen MR) is 114 cm³/mol. The molecule has 0 atom stereocenters. The van der Waals surface area contributed by atoms with E-state index in [9.17, 15) is 0 Å². The van der Waals surface area contributed by atoms with E-state index in [1.807, 2.05) is 6.92 Å². The van der Waals surface area contributed by atoms with Crippen molar-refractivity contribution in [2.45, 2.75) is 78.1 Å². The van der Waals surface area contributed by atoms with E-state index >= 15 is 0 Å². The van der Waals surface area contributed by atoms with Crippen molar-refractivity contribution in [1.82, 2.24) is 0 Å². The van der Waals surface area contributed by atoms with Crippen molar-refractivity contribution in [2.24, 2.45) is 0 Å². The minimum absolute atomic E-state index is 0.808. The number of allylic oxidation sites excluding steroid dienone is 1. The lowest BCUT2D eigenvalue weighted by molar-refractivity contribution is 0.0860. The number of benzene rings is 1. The van der Waals surface area contributed by atoms with Gasteiger partial charge in [0.15, 0.2) is 0 Å². The molecule has 0 aromatic heterocycles. The molecule has 0 fully saturated rings. The molecule has 148 valence electrons. The fourth-order valence-corrected chi connectivity index (χ4v) is 3.06. The predicted octanol–water partition coefficient (Wildman–Crippen LogP) is 6.83. The molecule has 2 heteroatoms. The van der Waals surface area contributed by atoms with Crippen molar-refractivity contribution in [3.05, 3.63) is 42.0 Å². The minimum Gasteiger partial charge on any atom is -0.382 e. The summed E-state index contributed by atoms with van der Waals surface area (Å²) in [6.45, 7) is 11.5. The highest BCUT2D eigenvalue weighted by atomic mass is 16.5. The van der Waals surface area contributed by atoms with Crippen LogP contribution < -0.4 is 0 Å². The van der Waals surface area contributed by atoms with Crippen LogP contribution in [0.5, 0.6) is 0 Å². The van der Waals surface area contributed by atoms with Gasteiger partial charge in [-0.2, -0.15) is 0 Å². The Balaban J connectivity index is 1.83. The first-order chi connectivity index (χ1) is 12.7. The van der Waals surface area contributed by atoms with E-state index in [1.54, 1.807) is 0 Å². The monoisotopic (exact) mass is 360 g/mol. The van der Waals surface area contributed by atoms with Gasteiger partial charge in [0, 0.05) is 26.4 Å². The summed E-state index contributed by atoms with van der Waals surface area (Å²) < 4.78 is 10.9. The first kappa shape index (κ1) is 22.9. The van der Waals surface area contributed by atoms with Crippen LogP contribution in [0.4, 0.5) is 0 Å². The molecule has 0 aliphatic carbocycles. The van der Waals surface area contributed by atoms with E-state index < -0.39 is 0 Å². The molecule has 1 rings (SSSR count). The maximum Gasteiger partial charge on any atom is 0.0487 e. The van der Waals surface area contributed by atoms with Gasteiger partial charge in [0.1, 0.15) is 0 Å². The Morgan fingerprint density at radius 1 is 0.731 bits per heavy atom. The average Bonchev–Trinajstić information content (AvgIpc) is 2.65. The molecule has 0 unspecified atom stereocenters. The highest BCUT2D eigenvalue weighted by Gasteiger charge is 1.97. The summed E-state index contributed by atoms with van der Waals surface area (Å²) in [5, 5.41) is 0. The molecule has 1 aromatic carbocycles. The topological polar surface area (TPSA) is 18.5 Å². The minimum atomic E-state index is 0.808. The van der Waals surface area contributed by atoms with Gasteiger partial charge in [-0.15, -0.1) is 0 Å². The first-order valence-corrected chi connectivity index (χ1v) is 10.6. The molecule has 1 aromatic rings. The molecule has 26 heavy (non-hydrogen) atoms. The second-order valence-electron chi connectivity index (χ2n) is 7.22. The van der Waals surface area contributed by atoms with Crippen LogP contribution in [0.1, 0.15) is 82.8 Å². The summed E-state index contributed by atoms with van der Waals surface area (Å²) in [5.41, 5.74) is 3.85. The molecule has 0 radical (unpaired) electrons. The first-order valence-electron chi connectivity index (χ1n) is 10.6. The summed E-state index contributed by atoms with van der Waals surface area (Å²) >= 11 is 0. The fraction of sp³-hybridized carbons (Fsp3) is 0.667. The van der Waals surface area contributed by atoms with Crippen molar-refractivity contribution in [1.29, 1.82) is 0 Å². The maximum absolute atomic E-state index is 5.62. The van der Waals surface area contributed by atoms with Crippen molar-refractivity contribution >= 4 is 5.57 Å². The van der Waals surface area contributed by atoms with Gasteiger partial charge >= 0.3 is 0 Å². The van der Waals surface area contributed by atoms with Crippen molar-refractivity contribution in [3.63, 3.8) is 0 Å². The van der Waals surface area contributed by atoms with Crippen LogP contribution in [-0.2, 0) is 15.9 Å². The van der Waals surface area contributed by atoms with E-state index in [0.717, 1.165) is 38.4 Å². The fourth-order valence-electron chi connectivity index (χ4n) is 3.06. The number of rotatable bonds is 17. The number of hydrogen-bond donors (Lipinski definition) is 0. The number of unbranched alkanes of at least 4 members (excludes halogenated alkanes) is 7. The normalized spacial score (nSPS) is 11.0. The highest BCUT2D eigenvalue weighted by Crippen LogP contribution is 2.15. The van der Waals surface area contributed by atoms with Crippen LogP contribution in [0.15, 0.2) is 30.8 Å². The lowest BCUT2D eigenvalue weighted by Gasteiger charge is -2.05. The molecule has 0 amide bonds. The van der Waals surface area contributed by atoms with Gasteiger partial charge < -0.3 is 9.47 Å². The van der Waals surface area contributed by atoms with Crippen LogP contribution in [0.25, 0.3) is 5.57 Å². The standard InChI is InChI=1S/C24H40O2/c1-4-25-20-13-21-26-19-12-10-8-6-5-7-9-11-14-23-15-17-24(18-16-23)22(2)3/h15-18H,2,4-14,19-21H2,1,3H3. The molecule has 0 spiro atoms. The van der Waals surface area contributed by atoms with Crippen LogP contribution in [-0.4, -0.2) is 26.4 Å². The molecule has 0 aliphatic heterocycles. The Hall–Kier alpha value is -1.12. The second kappa shape index (κ2) is 16.1. The molecule has 2 nitrogen and oxygen atoms in total. The molecule has 0 bridgehead atoms. The molecular formula is C24H40O2. The number of hydrogen-bond acceptors (Lipinski definition) is 2. The van der Waals surface area contributed by atoms with Gasteiger partial charge in [0.2, 0.25) is 0 Å². The van der Waals surface area contributed by atoms with Crippen LogP contribution in [0, 0.1) is 0 Å². The molecule has 0 aliphatic rings. The third-order valence-corrected chi connectivity index (χ3v) is 4.73. The van der Waals surface area contributed by atoms with Crippen LogP contribution >= 0.6 is 0 Å². The van der Waals surface area contributed by atoms with Gasteiger partial charge in [-0.3, -0.25) is 0 Å². The number of aryl methyl sites for hydroxylation is 1. The summed E-state index contributed by atoms with van der Waals surface area (Å²) in [6, 6.07) is 8.90. The summed E-state index contributed by atoms with van der Waals surface area (Å²) in [5.74, 6) is 0. The Morgan fingerprint density at radius 3 is 1.88 bits per heavy atom. The second-order valence-corrected chi connectivity index (χ2v) is 7.22. The third-order valence-electron chi connectivity index (χ3n) is 4.73. The lowest BCUT2D eigenvalue weighted by Crippen LogP contribution is -2.01. The SMILES string of the molecule is C=C(C)c1ccc(CCCCCCCCCCOCCCOCC)cc1. The van der Waals surface area contributed by atoms with Crippen molar-refractivity contribution in [2.75, 3.05) is 26.4 Å². The Labute approximate surface area is 162 Å². The van der Waals surface area contributed by atoms with Gasteiger partial charge in [-0.25, -0.2) is 0 Å².